The molecule has 12 rings (SSSR count). The molecule has 52 heavy (non-hydrogen) atoms. The Hall–Kier alpha value is -6.51. The van der Waals surface area contributed by atoms with E-state index in [1.165, 1.54) is 100 Å². The van der Waals surface area contributed by atoms with Crippen LogP contribution in [0.4, 0.5) is 22.7 Å². The Morgan fingerprint density at radius 1 is 0.250 bits per heavy atom. The molecule has 4 heteroatoms. The van der Waals surface area contributed by atoms with Gasteiger partial charge in [0.15, 0.2) is 0 Å². The van der Waals surface area contributed by atoms with Crippen LogP contribution < -0.4 is 31.5 Å². The van der Waals surface area contributed by atoms with E-state index in [4.69, 9.17) is 0 Å². The van der Waals surface area contributed by atoms with Gasteiger partial charge >= 0.3 is 13.7 Å². The van der Waals surface area contributed by atoms with Gasteiger partial charge in [0.25, 0.3) is 0 Å². The second-order valence-corrected chi connectivity index (χ2v) is 14.3. The van der Waals surface area contributed by atoms with Crippen LogP contribution in [0.15, 0.2) is 182 Å². The number of fused-ring (bicyclic) bond motifs is 22. The average molecular weight is 656 g/mol. The fourth-order valence-electron chi connectivity index (χ4n) is 9.92. The van der Waals surface area contributed by atoms with Gasteiger partial charge in [-0.15, -0.1) is 0 Å². The minimum atomic E-state index is 0.0113. The van der Waals surface area contributed by atoms with E-state index in [-0.39, 0.29) is 13.7 Å². The molecule has 8 aromatic carbocycles. The average Bonchev–Trinajstić information content (AvgIpc) is 3.23. The van der Waals surface area contributed by atoms with Crippen molar-refractivity contribution in [3.05, 3.63) is 182 Å². The lowest BCUT2D eigenvalue weighted by Crippen LogP contribution is -2.60. The van der Waals surface area contributed by atoms with Crippen LogP contribution in [0.25, 0.3) is 55.6 Å². The molecule has 0 bridgehead atoms. The van der Waals surface area contributed by atoms with Gasteiger partial charge in [0.05, 0.1) is 0 Å². The summed E-state index contributed by atoms with van der Waals surface area (Å²) in [6.07, 6.45) is 0. The lowest BCUT2D eigenvalue weighted by Gasteiger charge is -2.45. The molecule has 4 heterocycles. The summed E-state index contributed by atoms with van der Waals surface area (Å²) in [5.41, 5.74) is 23.4. The second-order valence-electron chi connectivity index (χ2n) is 14.3. The fourth-order valence-corrected chi connectivity index (χ4v) is 9.92. The third kappa shape index (κ3) is 3.61. The zero-order valence-corrected chi connectivity index (χ0v) is 28.4. The Balaban J connectivity index is 1.17. The molecule has 0 radical (unpaired) electrons. The number of benzene rings is 8. The summed E-state index contributed by atoms with van der Waals surface area (Å²) in [5, 5.41) is 0. The van der Waals surface area contributed by atoms with Crippen LogP contribution in [0, 0.1) is 0 Å². The smallest absolute Gasteiger partial charge is 0.330 e. The number of nitrogens with zero attached hydrogens (tertiary/aromatic N) is 2. The molecule has 8 aromatic rings. The van der Waals surface area contributed by atoms with E-state index < -0.39 is 0 Å². The second kappa shape index (κ2) is 10.5. The van der Waals surface area contributed by atoms with Crippen molar-refractivity contribution in [2.45, 2.75) is 0 Å². The van der Waals surface area contributed by atoms with Gasteiger partial charge in [-0.05, 0) is 79.5 Å². The summed E-state index contributed by atoms with van der Waals surface area (Å²) < 4.78 is 0. The largest absolute Gasteiger partial charge is 0.376 e. The molecule has 238 valence electrons. The van der Waals surface area contributed by atoms with Gasteiger partial charge in [0.2, 0.25) is 0 Å². The van der Waals surface area contributed by atoms with Crippen molar-refractivity contribution in [3.8, 4) is 55.6 Å². The molecule has 4 aliphatic rings. The third-order valence-corrected chi connectivity index (χ3v) is 11.9. The third-order valence-electron chi connectivity index (χ3n) is 11.9. The first-order chi connectivity index (χ1) is 25.9. The SMILES string of the molecule is c1ccc2c(c1)B1c3c(cccc3-c3cccc4c3-c3ccccc3B3c5ccccc5-c5ccccc5N34)-c3ccccc3N1c1ccccc1-2. The van der Waals surface area contributed by atoms with Crippen LogP contribution in [0.1, 0.15) is 0 Å². The van der Waals surface area contributed by atoms with Crippen molar-refractivity contribution in [2.75, 3.05) is 9.62 Å². The van der Waals surface area contributed by atoms with Gasteiger partial charge < -0.3 is 9.62 Å². The molecule has 2 nitrogen and oxygen atoms in total. The summed E-state index contributed by atoms with van der Waals surface area (Å²) in [5.74, 6) is 0. The number of hydrogen-bond donors (Lipinski definition) is 0. The monoisotopic (exact) mass is 656 g/mol. The molecular formula is C48H30B2N2. The Morgan fingerprint density at radius 3 is 1.19 bits per heavy atom. The summed E-state index contributed by atoms with van der Waals surface area (Å²) in [6.45, 7) is 0.0936. The Morgan fingerprint density at radius 2 is 0.596 bits per heavy atom. The van der Waals surface area contributed by atoms with E-state index in [1.807, 2.05) is 0 Å². The van der Waals surface area contributed by atoms with Crippen molar-refractivity contribution in [1.82, 2.24) is 0 Å². The predicted molar refractivity (Wildman–Crippen MR) is 221 cm³/mol. The van der Waals surface area contributed by atoms with Gasteiger partial charge in [-0.3, -0.25) is 0 Å². The van der Waals surface area contributed by atoms with Crippen LogP contribution in [0.5, 0.6) is 0 Å². The minimum Gasteiger partial charge on any atom is -0.376 e. The van der Waals surface area contributed by atoms with Crippen molar-refractivity contribution in [3.63, 3.8) is 0 Å². The summed E-state index contributed by atoms with van der Waals surface area (Å²) in [6, 6.07) is 68.0. The quantitative estimate of drug-likeness (QED) is 0.163. The van der Waals surface area contributed by atoms with Crippen molar-refractivity contribution in [1.29, 1.82) is 0 Å². The van der Waals surface area contributed by atoms with Crippen LogP contribution >= 0.6 is 0 Å². The van der Waals surface area contributed by atoms with Crippen LogP contribution in [0.2, 0.25) is 0 Å². The molecule has 0 fully saturated rings. The van der Waals surface area contributed by atoms with E-state index in [0.29, 0.717) is 0 Å². The first kappa shape index (κ1) is 28.2. The van der Waals surface area contributed by atoms with Crippen LogP contribution in [-0.2, 0) is 0 Å². The molecular weight excluding hydrogens is 626 g/mol. The van der Waals surface area contributed by atoms with E-state index in [1.54, 1.807) is 0 Å². The Labute approximate surface area is 304 Å². The van der Waals surface area contributed by atoms with E-state index in [0.717, 1.165) is 0 Å². The highest BCUT2D eigenvalue weighted by Crippen LogP contribution is 2.51. The number of anilines is 4. The topological polar surface area (TPSA) is 6.48 Å². The van der Waals surface area contributed by atoms with Crippen molar-refractivity contribution in [2.24, 2.45) is 0 Å². The maximum atomic E-state index is 2.61. The summed E-state index contributed by atoms with van der Waals surface area (Å²) >= 11 is 0. The van der Waals surface area contributed by atoms with Crippen LogP contribution in [0.3, 0.4) is 0 Å². The highest BCUT2D eigenvalue weighted by molar-refractivity contribution is 6.94. The molecule has 0 amide bonds. The molecule has 0 aliphatic carbocycles. The Kier molecular flexibility index (Phi) is 5.70. The maximum absolute atomic E-state index is 2.61. The molecule has 4 aliphatic heterocycles. The number of hydrogen-bond acceptors (Lipinski definition) is 2. The lowest BCUT2D eigenvalue weighted by molar-refractivity contribution is 1.34. The highest BCUT2D eigenvalue weighted by atomic mass is 15.1. The highest BCUT2D eigenvalue weighted by Gasteiger charge is 2.45. The zero-order chi connectivity index (χ0) is 33.9. The first-order valence-electron chi connectivity index (χ1n) is 18.3. The van der Waals surface area contributed by atoms with Gasteiger partial charge in [-0.25, -0.2) is 0 Å². The van der Waals surface area contributed by atoms with Gasteiger partial charge in [-0.1, -0.05) is 158 Å². The first-order valence-corrected chi connectivity index (χ1v) is 18.3. The fraction of sp³-hybridized carbons (Fsp3) is 0. The van der Waals surface area contributed by atoms with E-state index in [9.17, 15) is 0 Å². The number of para-hydroxylation sites is 3. The van der Waals surface area contributed by atoms with Crippen molar-refractivity contribution < 1.29 is 0 Å². The normalized spacial score (nSPS) is 13.6. The molecule has 0 atom stereocenters. The molecule has 0 unspecified atom stereocenters. The standard InChI is InChI=1S/C48H30B2N2/c1-7-24-40-31(15-1)33-17-5-11-28-44(33)52-46-30-14-21-36(47(46)39-20-3-9-26-42(39)49(40)52)38-23-13-22-37-35-19-6-12-29-45(35)51-43-27-10-4-18-34(43)32-16-2-8-25-41(32)50(51)48(37)38/h1-30H. The van der Waals surface area contributed by atoms with E-state index >= 15 is 0 Å². The van der Waals surface area contributed by atoms with Crippen LogP contribution in [-0.4, -0.2) is 13.7 Å². The predicted octanol–water partition coefficient (Wildman–Crippen LogP) is 9.16. The molecule has 0 saturated carbocycles. The molecule has 0 spiro atoms. The lowest BCUT2D eigenvalue weighted by atomic mass is 9.41. The van der Waals surface area contributed by atoms with Gasteiger partial charge in [-0.2, -0.15) is 0 Å². The maximum Gasteiger partial charge on any atom is 0.330 e. The van der Waals surface area contributed by atoms with Crippen molar-refractivity contribution >= 4 is 58.3 Å². The van der Waals surface area contributed by atoms with Gasteiger partial charge in [0, 0.05) is 45.0 Å². The van der Waals surface area contributed by atoms with Gasteiger partial charge in [0.1, 0.15) is 0 Å². The molecule has 0 saturated heterocycles. The Bertz CT molecular complexity index is 2800. The summed E-state index contributed by atoms with van der Waals surface area (Å²) in [7, 11) is 0. The summed E-state index contributed by atoms with van der Waals surface area (Å²) in [4.78, 5) is 5.22. The number of rotatable bonds is 1. The molecule has 0 aromatic heterocycles. The zero-order valence-electron chi connectivity index (χ0n) is 28.4. The molecule has 0 N–H and O–H groups in total. The van der Waals surface area contributed by atoms with E-state index in [2.05, 4.69) is 192 Å². The minimum absolute atomic E-state index is 0.0113.